The number of nitrogens with zero attached hydrogens (tertiary/aromatic N) is 3. The number of ketones is 1. The van der Waals surface area contributed by atoms with Gasteiger partial charge in [-0.2, -0.15) is 0 Å². The van der Waals surface area contributed by atoms with Crippen molar-refractivity contribution in [3.63, 3.8) is 0 Å². The summed E-state index contributed by atoms with van der Waals surface area (Å²) < 4.78 is 5.44. The van der Waals surface area contributed by atoms with Gasteiger partial charge in [0.15, 0.2) is 5.78 Å². The molecular weight excluding hydrogens is 304 g/mol. The Hall–Kier alpha value is -3.15. The van der Waals surface area contributed by atoms with Crippen molar-refractivity contribution in [1.29, 1.82) is 0 Å². The van der Waals surface area contributed by atoms with Crippen LogP contribution in [0.2, 0.25) is 0 Å². The lowest BCUT2D eigenvalue weighted by molar-refractivity contribution is 0.104. The molecule has 0 fully saturated rings. The standard InChI is InChI=1S/C18H16N4O2/c1-24-15-6-2-5-13-17(15)21-16(22-9-8-20-18(13)22)10-14(23)12-4-3-7-19-11-12/h2-7,10-11,21H,8-9H2,1H3. The number of amidine groups is 1. The molecule has 1 N–H and O–H groups in total. The second kappa shape index (κ2) is 5.81. The van der Waals surface area contributed by atoms with Crippen LogP contribution >= 0.6 is 0 Å². The molecule has 0 saturated carbocycles. The van der Waals surface area contributed by atoms with E-state index in [1.807, 2.05) is 23.1 Å². The van der Waals surface area contributed by atoms with Gasteiger partial charge in [-0.1, -0.05) is 6.07 Å². The first-order valence-electron chi connectivity index (χ1n) is 7.70. The SMILES string of the molecule is COc1cccc2c1NC(=CC(=O)c1cccnc1)N1CCN=C21. The summed E-state index contributed by atoms with van der Waals surface area (Å²) in [5.41, 5.74) is 2.37. The maximum absolute atomic E-state index is 12.5. The van der Waals surface area contributed by atoms with Gasteiger partial charge in [-0.15, -0.1) is 0 Å². The number of methoxy groups -OCH3 is 1. The minimum absolute atomic E-state index is 0.102. The van der Waals surface area contributed by atoms with Gasteiger partial charge in [-0.3, -0.25) is 14.8 Å². The second-order valence-corrected chi connectivity index (χ2v) is 5.50. The Morgan fingerprint density at radius 2 is 2.25 bits per heavy atom. The highest BCUT2D eigenvalue weighted by atomic mass is 16.5. The number of fused-ring (bicyclic) bond motifs is 3. The molecule has 1 aromatic heterocycles. The Bertz CT molecular complexity index is 859. The van der Waals surface area contributed by atoms with Crippen LogP contribution in [0.15, 0.2) is 59.6 Å². The Labute approximate surface area is 139 Å². The highest BCUT2D eigenvalue weighted by molar-refractivity contribution is 6.11. The third kappa shape index (κ3) is 2.32. The first-order valence-corrected chi connectivity index (χ1v) is 7.70. The molecule has 3 heterocycles. The van der Waals surface area contributed by atoms with Crippen molar-refractivity contribution in [2.45, 2.75) is 0 Å². The van der Waals surface area contributed by atoms with Gasteiger partial charge in [0.2, 0.25) is 0 Å². The van der Waals surface area contributed by atoms with Crippen LogP contribution in [0.3, 0.4) is 0 Å². The summed E-state index contributed by atoms with van der Waals surface area (Å²) in [4.78, 5) is 23.1. The minimum Gasteiger partial charge on any atom is -0.495 e. The maximum atomic E-state index is 12.5. The van der Waals surface area contributed by atoms with Crippen molar-refractivity contribution < 1.29 is 9.53 Å². The van der Waals surface area contributed by atoms with Crippen LogP contribution in [0.5, 0.6) is 5.75 Å². The van der Waals surface area contributed by atoms with E-state index in [2.05, 4.69) is 15.3 Å². The summed E-state index contributed by atoms with van der Waals surface area (Å²) in [6, 6.07) is 9.33. The molecule has 0 aliphatic carbocycles. The highest BCUT2D eigenvalue weighted by Gasteiger charge is 2.31. The van der Waals surface area contributed by atoms with Crippen molar-refractivity contribution in [1.82, 2.24) is 9.88 Å². The van der Waals surface area contributed by atoms with Gasteiger partial charge in [0, 0.05) is 36.1 Å². The van der Waals surface area contributed by atoms with E-state index in [0.717, 1.165) is 29.4 Å². The second-order valence-electron chi connectivity index (χ2n) is 5.50. The topological polar surface area (TPSA) is 66.8 Å². The van der Waals surface area contributed by atoms with Crippen molar-refractivity contribution in [2.75, 3.05) is 25.5 Å². The molecule has 2 aromatic rings. The third-order valence-electron chi connectivity index (χ3n) is 4.09. The number of carbonyl (C=O) groups is 1. The average molecular weight is 320 g/mol. The van der Waals surface area contributed by atoms with Crippen molar-refractivity contribution in [3.8, 4) is 5.75 Å². The van der Waals surface area contributed by atoms with Gasteiger partial charge in [0.05, 0.1) is 19.3 Å². The van der Waals surface area contributed by atoms with Gasteiger partial charge < -0.3 is 15.0 Å². The Balaban J connectivity index is 1.77. The van der Waals surface area contributed by atoms with Gasteiger partial charge in [0.1, 0.15) is 17.4 Å². The molecule has 0 amide bonds. The maximum Gasteiger partial charge on any atom is 0.191 e. The first kappa shape index (κ1) is 14.4. The van der Waals surface area contributed by atoms with Gasteiger partial charge in [0.25, 0.3) is 0 Å². The quantitative estimate of drug-likeness (QED) is 0.694. The molecular formula is C18H16N4O2. The first-order chi connectivity index (χ1) is 11.8. The number of ether oxygens (including phenoxy) is 1. The summed E-state index contributed by atoms with van der Waals surface area (Å²) in [5, 5.41) is 3.33. The van der Waals surface area contributed by atoms with Crippen molar-refractivity contribution in [3.05, 3.63) is 65.7 Å². The number of hydrogen-bond donors (Lipinski definition) is 1. The summed E-state index contributed by atoms with van der Waals surface area (Å²) in [7, 11) is 1.63. The number of nitrogens with one attached hydrogen (secondary N) is 1. The van der Waals surface area contributed by atoms with E-state index < -0.39 is 0 Å². The van der Waals surface area contributed by atoms with Crippen LogP contribution < -0.4 is 10.1 Å². The van der Waals surface area contributed by atoms with Crippen LogP contribution in [-0.4, -0.2) is 41.7 Å². The molecule has 6 nitrogen and oxygen atoms in total. The number of benzene rings is 1. The van der Waals surface area contributed by atoms with Crippen LogP contribution in [0.1, 0.15) is 15.9 Å². The fourth-order valence-corrected chi connectivity index (χ4v) is 2.95. The van der Waals surface area contributed by atoms with Crippen LogP contribution in [0, 0.1) is 0 Å². The molecule has 24 heavy (non-hydrogen) atoms. The van der Waals surface area contributed by atoms with E-state index in [1.54, 1.807) is 37.7 Å². The van der Waals surface area contributed by atoms with E-state index >= 15 is 0 Å². The van der Waals surface area contributed by atoms with Crippen LogP contribution in [0.25, 0.3) is 0 Å². The molecule has 0 spiro atoms. The number of pyridine rings is 1. The van der Waals surface area contributed by atoms with Gasteiger partial charge >= 0.3 is 0 Å². The number of para-hydroxylation sites is 1. The number of carbonyl (C=O) groups excluding carboxylic acids is 1. The minimum atomic E-state index is -0.102. The molecule has 0 radical (unpaired) electrons. The molecule has 6 heteroatoms. The molecule has 0 atom stereocenters. The van der Waals surface area contributed by atoms with E-state index in [9.17, 15) is 4.79 Å². The number of allylic oxidation sites excluding steroid dienone is 1. The van der Waals surface area contributed by atoms with E-state index in [0.29, 0.717) is 17.9 Å². The molecule has 1 aromatic carbocycles. The number of rotatable bonds is 3. The molecule has 4 rings (SSSR count). The van der Waals surface area contributed by atoms with Crippen molar-refractivity contribution in [2.24, 2.45) is 4.99 Å². The lowest BCUT2D eigenvalue weighted by Gasteiger charge is -2.32. The summed E-state index contributed by atoms with van der Waals surface area (Å²) in [5.74, 6) is 2.20. The lowest BCUT2D eigenvalue weighted by Crippen LogP contribution is -2.36. The summed E-state index contributed by atoms with van der Waals surface area (Å²) in [6.45, 7) is 1.44. The zero-order chi connectivity index (χ0) is 16.5. The monoisotopic (exact) mass is 320 g/mol. The van der Waals surface area contributed by atoms with E-state index in [1.165, 1.54) is 0 Å². The number of aromatic nitrogens is 1. The average Bonchev–Trinajstić information content (AvgIpc) is 3.12. The lowest BCUT2D eigenvalue weighted by atomic mass is 10.1. The molecule has 2 aliphatic heterocycles. The Kier molecular flexibility index (Phi) is 3.49. The van der Waals surface area contributed by atoms with Crippen molar-refractivity contribution >= 4 is 17.3 Å². The number of anilines is 1. The zero-order valence-corrected chi connectivity index (χ0v) is 13.2. The predicted octanol–water partition coefficient (Wildman–Crippen LogP) is 2.30. The smallest absolute Gasteiger partial charge is 0.191 e. The molecule has 0 saturated heterocycles. The molecule has 2 aliphatic rings. The summed E-state index contributed by atoms with van der Waals surface area (Å²) >= 11 is 0. The largest absolute Gasteiger partial charge is 0.495 e. The predicted molar refractivity (Wildman–Crippen MR) is 91.4 cm³/mol. The zero-order valence-electron chi connectivity index (χ0n) is 13.2. The molecule has 0 unspecified atom stereocenters. The van der Waals surface area contributed by atoms with Crippen LogP contribution in [-0.2, 0) is 0 Å². The fourth-order valence-electron chi connectivity index (χ4n) is 2.95. The van der Waals surface area contributed by atoms with Gasteiger partial charge in [-0.25, -0.2) is 0 Å². The number of hydrogen-bond acceptors (Lipinski definition) is 6. The highest BCUT2D eigenvalue weighted by Crippen LogP contribution is 2.36. The molecule has 0 bridgehead atoms. The fraction of sp³-hybridized carbons (Fsp3) is 0.167. The normalized spacial score (nSPS) is 17.0. The van der Waals surface area contributed by atoms with E-state index in [4.69, 9.17) is 4.74 Å². The van der Waals surface area contributed by atoms with Gasteiger partial charge in [-0.05, 0) is 24.3 Å². The molecule has 120 valence electrons. The third-order valence-corrected chi connectivity index (χ3v) is 4.09. The Morgan fingerprint density at radius 1 is 1.33 bits per heavy atom. The van der Waals surface area contributed by atoms with E-state index in [-0.39, 0.29) is 5.78 Å². The van der Waals surface area contributed by atoms with Crippen LogP contribution in [0.4, 0.5) is 5.69 Å². The number of aliphatic imine (C=N–C) groups is 1. The summed E-state index contributed by atoms with van der Waals surface area (Å²) in [6.07, 6.45) is 4.80. The Morgan fingerprint density at radius 3 is 3.04 bits per heavy atom.